The van der Waals surface area contributed by atoms with Gasteiger partial charge in [-0.3, -0.25) is 9.78 Å². The zero-order chi connectivity index (χ0) is 13.7. The van der Waals surface area contributed by atoms with E-state index in [0.717, 1.165) is 15.7 Å². The molecule has 1 aromatic carbocycles. The summed E-state index contributed by atoms with van der Waals surface area (Å²) in [6.45, 7) is 1.89. The van der Waals surface area contributed by atoms with E-state index in [1.54, 1.807) is 24.5 Å². The van der Waals surface area contributed by atoms with Crippen molar-refractivity contribution >= 4 is 27.5 Å². The number of hydrogen-bond acceptors (Lipinski definition) is 3. The fourth-order valence-corrected chi connectivity index (χ4v) is 2.01. The largest absolute Gasteiger partial charge is 0.482 e. The van der Waals surface area contributed by atoms with Gasteiger partial charge in [0.15, 0.2) is 6.61 Å². The molecule has 5 heteroatoms. The summed E-state index contributed by atoms with van der Waals surface area (Å²) in [7, 11) is 0. The summed E-state index contributed by atoms with van der Waals surface area (Å²) in [5.41, 5.74) is 1.77. The van der Waals surface area contributed by atoms with Gasteiger partial charge in [-0.1, -0.05) is 15.9 Å². The molecule has 4 nitrogen and oxygen atoms in total. The molecule has 0 aliphatic heterocycles. The van der Waals surface area contributed by atoms with Gasteiger partial charge >= 0.3 is 0 Å². The van der Waals surface area contributed by atoms with Gasteiger partial charge in [0, 0.05) is 16.4 Å². The van der Waals surface area contributed by atoms with Crippen LogP contribution in [0.3, 0.4) is 0 Å². The quantitative estimate of drug-likeness (QED) is 0.941. The van der Waals surface area contributed by atoms with Crippen molar-refractivity contribution in [3.63, 3.8) is 0 Å². The number of anilines is 1. The van der Waals surface area contributed by atoms with Gasteiger partial charge in [-0.2, -0.15) is 0 Å². The number of benzene rings is 1. The topological polar surface area (TPSA) is 51.2 Å². The normalized spacial score (nSPS) is 10.0. The third kappa shape index (κ3) is 4.06. The molecule has 0 saturated heterocycles. The molecule has 1 N–H and O–H groups in total. The molecule has 2 rings (SSSR count). The minimum Gasteiger partial charge on any atom is -0.482 e. The Labute approximate surface area is 119 Å². The molecule has 1 heterocycles. The van der Waals surface area contributed by atoms with Gasteiger partial charge in [0.1, 0.15) is 5.75 Å². The maximum atomic E-state index is 11.8. The molecule has 0 radical (unpaired) electrons. The lowest BCUT2D eigenvalue weighted by Crippen LogP contribution is -2.20. The summed E-state index contributed by atoms with van der Waals surface area (Å²) < 4.78 is 6.30. The lowest BCUT2D eigenvalue weighted by atomic mass is 10.2. The van der Waals surface area contributed by atoms with Crippen LogP contribution in [0.4, 0.5) is 5.69 Å². The number of nitrogens with one attached hydrogen (secondary N) is 1. The highest BCUT2D eigenvalue weighted by Crippen LogP contribution is 2.19. The summed E-state index contributed by atoms with van der Waals surface area (Å²) in [4.78, 5) is 15.7. The van der Waals surface area contributed by atoms with Crippen LogP contribution in [-0.2, 0) is 4.79 Å². The number of pyridine rings is 1. The SMILES string of the molecule is Cc1cc(Br)ccc1NC(=O)COc1cccnc1. The Kier molecular flexibility index (Phi) is 4.52. The van der Waals surface area contributed by atoms with E-state index < -0.39 is 0 Å². The first-order valence-corrected chi connectivity index (χ1v) is 6.53. The Morgan fingerprint density at radius 1 is 1.42 bits per heavy atom. The molecular formula is C14H13BrN2O2. The molecule has 0 spiro atoms. The highest BCUT2D eigenvalue weighted by atomic mass is 79.9. The second kappa shape index (κ2) is 6.33. The predicted octanol–water partition coefficient (Wildman–Crippen LogP) is 3.17. The summed E-state index contributed by atoms with van der Waals surface area (Å²) in [5, 5.41) is 2.80. The number of carbonyl (C=O) groups is 1. The summed E-state index contributed by atoms with van der Waals surface area (Å²) in [6.07, 6.45) is 3.22. The molecule has 1 aromatic heterocycles. The van der Waals surface area contributed by atoms with E-state index in [1.807, 2.05) is 25.1 Å². The number of amides is 1. The standard InChI is InChI=1S/C14H13BrN2O2/c1-10-7-11(15)4-5-13(10)17-14(18)9-19-12-3-2-6-16-8-12/h2-8H,9H2,1H3,(H,17,18). The lowest BCUT2D eigenvalue weighted by molar-refractivity contribution is -0.118. The molecule has 98 valence electrons. The van der Waals surface area contributed by atoms with E-state index in [-0.39, 0.29) is 12.5 Å². The first kappa shape index (κ1) is 13.5. The van der Waals surface area contributed by atoms with E-state index in [9.17, 15) is 4.79 Å². The zero-order valence-corrected chi connectivity index (χ0v) is 12.0. The van der Waals surface area contributed by atoms with Crippen LogP contribution in [0.15, 0.2) is 47.2 Å². The van der Waals surface area contributed by atoms with Crippen molar-refractivity contribution in [1.29, 1.82) is 0 Å². The van der Waals surface area contributed by atoms with Crippen LogP contribution in [0.25, 0.3) is 0 Å². The van der Waals surface area contributed by atoms with E-state index in [0.29, 0.717) is 5.75 Å². The van der Waals surface area contributed by atoms with Crippen LogP contribution in [-0.4, -0.2) is 17.5 Å². The number of rotatable bonds is 4. The van der Waals surface area contributed by atoms with Gasteiger partial charge < -0.3 is 10.1 Å². The number of carbonyl (C=O) groups excluding carboxylic acids is 1. The first-order valence-electron chi connectivity index (χ1n) is 5.74. The Balaban J connectivity index is 1.91. The van der Waals surface area contributed by atoms with Crippen LogP contribution in [0.5, 0.6) is 5.75 Å². The van der Waals surface area contributed by atoms with Crippen molar-refractivity contribution in [2.24, 2.45) is 0 Å². The average molecular weight is 321 g/mol. The Hall–Kier alpha value is -1.88. The molecule has 2 aromatic rings. The molecule has 0 saturated carbocycles. The van der Waals surface area contributed by atoms with Crippen molar-refractivity contribution in [2.75, 3.05) is 11.9 Å². The number of halogens is 1. The van der Waals surface area contributed by atoms with Crippen molar-refractivity contribution in [2.45, 2.75) is 6.92 Å². The number of hydrogen-bond donors (Lipinski definition) is 1. The Morgan fingerprint density at radius 2 is 2.26 bits per heavy atom. The lowest BCUT2D eigenvalue weighted by Gasteiger charge is -2.09. The van der Waals surface area contributed by atoms with Gasteiger partial charge in [-0.05, 0) is 42.8 Å². The zero-order valence-electron chi connectivity index (χ0n) is 10.4. The molecule has 0 aliphatic carbocycles. The van der Waals surface area contributed by atoms with Crippen LogP contribution >= 0.6 is 15.9 Å². The summed E-state index contributed by atoms with van der Waals surface area (Å²) in [5.74, 6) is 0.374. The van der Waals surface area contributed by atoms with Gasteiger partial charge in [0.2, 0.25) is 0 Å². The number of aromatic nitrogens is 1. The minimum absolute atomic E-state index is 0.0405. The molecule has 19 heavy (non-hydrogen) atoms. The summed E-state index contributed by atoms with van der Waals surface area (Å²) in [6, 6.07) is 9.18. The molecule has 0 bridgehead atoms. The molecule has 0 fully saturated rings. The fourth-order valence-electron chi connectivity index (χ4n) is 1.53. The van der Waals surface area contributed by atoms with Crippen molar-refractivity contribution in [3.05, 3.63) is 52.8 Å². The van der Waals surface area contributed by atoms with Crippen LogP contribution in [0, 0.1) is 6.92 Å². The third-order valence-corrected chi connectivity index (χ3v) is 2.96. The fraction of sp³-hybridized carbons (Fsp3) is 0.143. The monoisotopic (exact) mass is 320 g/mol. The second-order valence-electron chi connectivity index (χ2n) is 3.98. The van der Waals surface area contributed by atoms with Crippen LogP contribution < -0.4 is 10.1 Å². The van der Waals surface area contributed by atoms with Crippen LogP contribution in [0.1, 0.15) is 5.56 Å². The molecular weight excluding hydrogens is 308 g/mol. The van der Waals surface area contributed by atoms with Gasteiger partial charge in [0.05, 0.1) is 6.20 Å². The van der Waals surface area contributed by atoms with E-state index >= 15 is 0 Å². The van der Waals surface area contributed by atoms with Gasteiger partial charge in [0.25, 0.3) is 5.91 Å². The number of ether oxygens (including phenoxy) is 1. The van der Waals surface area contributed by atoms with E-state index in [2.05, 4.69) is 26.2 Å². The first-order chi connectivity index (χ1) is 9.15. The van der Waals surface area contributed by atoms with Gasteiger partial charge in [-0.25, -0.2) is 0 Å². The minimum atomic E-state index is -0.200. The molecule has 0 atom stereocenters. The van der Waals surface area contributed by atoms with E-state index in [4.69, 9.17) is 4.74 Å². The third-order valence-electron chi connectivity index (χ3n) is 2.47. The van der Waals surface area contributed by atoms with Crippen molar-refractivity contribution in [3.8, 4) is 5.75 Å². The number of aryl methyl sites for hydroxylation is 1. The second-order valence-corrected chi connectivity index (χ2v) is 4.90. The van der Waals surface area contributed by atoms with Crippen molar-refractivity contribution in [1.82, 2.24) is 4.98 Å². The highest BCUT2D eigenvalue weighted by Gasteiger charge is 2.06. The Bertz CT molecular complexity index is 573. The molecule has 1 amide bonds. The van der Waals surface area contributed by atoms with Crippen LogP contribution in [0.2, 0.25) is 0 Å². The van der Waals surface area contributed by atoms with E-state index in [1.165, 1.54) is 0 Å². The number of nitrogens with zero attached hydrogens (tertiary/aromatic N) is 1. The van der Waals surface area contributed by atoms with Gasteiger partial charge in [-0.15, -0.1) is 0 Å². The molecule has 0 aliphatic rings. The summed E-state index contributed by atoms with van der Waals surface area (Å²) >= 11 is 3.38. The predicted molar refractivity (Wildman–Crippen MR) is 77.2 cm³/mol. The maximum absolute atomic E-state index is 11.8. The highest BCUT2D eigenvalue weighted by molar-refractivity contribution is 9.10. The average Bonchev–Trinajstić information content (AvgIpc) is 2.41. The maximum Gasteiger partial charge on any atom is 0.262 e. The smallest absolute Gasteiger partial charge is 0.262 e. The Morgan fingerprint density at radius 3 is 2.95 bits per heavy atom. The van der Waals surface area contributed by atoms with Crippen molar-refractivity contribution < 1.29 is 9.53 Å². The molecule has 0 unspecified atom stereocenters.